The van der Waals surface area contributed by atoms with Crippen molar-refractivity contribution in [2.75, 3.05) is 6.61 Å². The van der Waals surface area contributed by atoms with Crippen molar-refractivity contribution in [1.29, 1.82) is 0 Å². The van der Waals surface area contributed by atoms with Crippen LogP contribution in [0, 0.1) is 5.92 Å². The third-order valence-electron chi connectivity index (χ3n) is 3.72. The quantitative estimate of drug-likeness (QED) is 0.878. The first-order valence-electron chi connectivity index (χ1n) is 6.83. The van der Waals surface area contributed by atoms with Gasteiger partial charge in [0.2, 0.25) is 5.91 Å². The van der Waals surface area contributed by atoms with Crippen molar-refractivity contribution in [3.05, 3.63) is 21.3 Å². The van der Waals surface area contributed by atoms with Gasteiger partial charge in [-0.3, -0.25) is 4.79 Å². The third-order valence-corrected chi connectivity index (χ3v) is 5.01. The van der Waals surface area contributed by atoms with E-state index >= 15 is 0 Å². The lowest BCUT2D eigenvalue weighted by atomic mass is 9.85. The molecule has 1 heterocycles. The number of carbonyl (C=O) groups is 1. The maximum atomic E-state index is 11.9. The van der Waals surface area contributed by atoms with E-state index in [1.54, 1.807) is 0 Å². The molecule has 2 atom stereocenters. The second kappa shape index (κ2) is 7.27. The van der Waals surface area contributed by atoms with Gasteiger partial charge < -0.3 is 10.4 Å². The van der Waals surface area contributed by atoms with Crippen LogP contribution >= 0.6 is 22.9 Å². The molecule has 0 spiro atoms. The fourth-order valence-electron chi connectivity index (χ4n) is 2.62. The Morgan fingerprint density at radius 2 is 2.21 bits per heavy atom. The molecule has 1 aromatic heterocycles. The standard InChI is InChI=1S/C14H20ClNO2S/c15-13-7-5-11(19-13)6-8-14(18)16-12-4-2-1-3-10(12)9-17/h5,7,10,12,17H,1-4,6,8-9H2,(H,16,18). The normalized spacial score (nSPS) is 23.3. The first-order valence-corrected chi connectivity index (χ1v) is 8.03. The number of carbonyl (C=O) groups excluding carboxylic acids is 1. The molecule has 2 unspecified atom stereocenters. The predicted molar refractivity (Wildman–Crippen MR) is 78.6 cm³/mol. The van der Waals surface area contributed by atoms with Crippen LogP contribution in [-0.4, -0.2) is 23.7 Å². The molecule has 2 rings (SSSR count). The van der Waals surface area contributed by atoms with Gasteiger partial charge in [0.1, 0.15) is 0 Å². The molecule has 0 aliphatic heterocycles. The molecular formula is C14H20ClNO2S. The van der Waals surface area contributed by atoms with Crippen molar-refractivity contribution >= 4 is 28.8 Å². The Morgan fingerprint density at radius 3 is 2.89 bits per heavy atom. The Kier molecular flexibility index (Phi) is 5.67. The van der Waals surface area contributed by atoms with Crippen LogP contribution in [0.4, 0.5) is 0 Å². The molecule has 2 N–H and O–H groups in total. The zero-order valence-corrected chi connectivity index (χ0v) is 12.5. The maximum absolute atomic E-state index is 11.9. The average Bonchev–Trinajstić information content (AvgIpc) is 2.83. The molecule has 1 amide bonds. The van der Waals surface area contributed by atoms with Crippen LogP contribution < -0.4 is 5.32 Å². The molecule has 0 bridgehead atoms. The molecule has 3 nitrogen and oxygen atoms in total. The van der Waals surface area contributed by atoms with Crippen molar-refractivity contribution in [1.82, 2.24) is 5.32 Å². The van der Waals surface area contributed by atoms with Crippen molar-refractivity contribution in [2.24, 2.45) is 5.92 Å². The van der Waals surface area contributed by atoms with Gasteiger partial charge in [-0.05, 0) is 31.4 Å². The van der Waals surface area contributed by atoms with Gasteiger partial charge >= 0.3 is 0 Å². The number of nitrogens with one attached hydrogen (secondary N) is 1. The molecular weight excluding hydrogens is 282 g/mol. The Bertz CT molecular complexity index is 421. The minimum atomic E-state index is 0.0786. The van der Waals surface area contributed by atoms with Gasteiger partial charge in [0.15, 0.2) is 0 Å². The van der Waals surface area contributed by atoms with E-state index in [1.807, 2.05) is 12.1 Å². The smallest absolute Gasteiger partial charge is 0.220 e. The highest BCUT2D eigenvalue weighted by Crippen LogP contribution is 2.25. The maximum Gasteiger partial charge on any atom is 0.220 e. The molecule has 1 saturated carbocycles. The van der Waals surface area contributed by atoms with Crippen molar-refractivity contribution < 1.29 is 9.90 Å². The van der Waals surface area contributed by atoms with E-state index < -0.39 is 0 Å². The van der Waals surface area contributed by atoms with E-state index in [0.717, 1.165) is 41.3 Å². The predicted octanol–water partition coefficient (Wildman–Crippen LogP) is 3.00. The number of hydrogen-bond acceptors (Lipinski definition) is 3. The molecule has 5 heteroatoms. The fourth-order valence-corrected chi connectivity index (χ4v) is 3.71. The second-order valence-corrected chi connectivity index (χ2v) is 6.91. The van der Waals surface area contributed by atoms with Crippen LogP contribution in [0.25, 0.3) is 0 Å². The van der Waals surface area contributed by atoms with Gasteiger partial charge in [0, 0.05) is 29.9 Å². The summed E-state index contributed by atoms with van der Waals surface area (Å²) in [5.41, 5.74) is 0. The van der Waals surface area contributed by atoms with E-state index in [0.29, 0.717) is 6.42 Å². The fraction of sp³-hybridized carbons (Fsp3) is 0.643. The molecule has 1 aromatic rings. The lowest BCUT2D eigenvalue weighted by Gasteiger charge is -2.30. The van der Waals surface area contributed by atoms with E-state index in [1.165, 1.54) is 11.3 Å². The van der Waals surface area contributed by atoms with Crippen LogP contribution in [0.3, 0.4) is 0 Å². The first kappa shape index (κ1) is 14.8. The lowest BCUT2D eigenvalue weighted by Crippen LogP contribution is -2.43. The zero-order valence-electron chi connectivity index (χ0n) is 10.9. The number of aliphatic hydroxyl groups excluding tert-OH is 1. The molecule has 1 aliphatic rings. The molecule has 0 saturated heterocycles. The van der Waals surface area contributed by atoms with Gasteiger partial charge in [-0.25, -0.2) is 0 Å². The third kappa shape index (κ3) is 4.48. The average molecular weight is 302 g/mol. The Balaban J connectivity index is 1.77. The van der Waals surface area contributed by atoms with Gasteiger partial charge in [-0.15, -0.1) is 11.3 Å². The van der Waals surface area contributed by atoms with Crippen LogP contribution in [0.5, 0.6) is 0 Å². The number of thiophene rings is 1. The molecule has 19 heavy (non-hydrogen) atoms. The zero-order chi connectivity index (χ0) is 13.7. The van der Waals surface area contributed by atoms with Crippen LogP contribution in [0.1, 0.15) is 37.0 Å². The highest BCUT2D eigenvalue weighted by Gasteiger charge is 2.25. The van der Waals surface area contributed by atoms with Crippen molar-refractivity contribution in [3.63, 3.8) is 0 Å². The minimum Gasteiger partial charge on any atom is -0.396 e. The minimum absolute atomic E-state index is 0.0786. The summed E-state index contributed by atoms with van der Waals surface area (Å²) >= 11 is 7.39. The number of aryl methyl sites for hydroxylation is 1. The van der Waals surface area contributed by atoms with Gasteiger partial charge in [-0.1, -0.05) is 24.4 Å². The molecule has 0 radical (unpaired) electrons. The Hall–Kier alpha value is -0.580. The summed E-state index contributed by atoms with van der Waals surface area (Å²) in [6.07, 6.45) is 5.53. The lowest BCUT2D eigenvalue weighted by molar-refractivity contribution is -0.122. The van der Waals surface area contributed by atoms with E-state index in [2.05, 4.69) is 5.32 Å². The number of hydrogen-bond donors (Lipinski definition) is 2. The van der Waals surface area contributed by atoms with Gasteiger partial charge in [0.05, 0.1) is 4.34 Å². The summed E-state index contributed by atoms with van der Waals surface area (Å²) in [6.45, 7) is 0.172. The van der Waals surface area contributed by atoms with Crippen LogP contribution in [0.15, 0.2) is 12.1 Å². The monoisotopic (exact) mass is 301 g/mol. The number of aliphatic hydroxyl groups is 1. The van der Waals surface area contributed by atoms with Crippen molar-refractivity contribution in [2.45, 2.75) is 44.6 Å². The first-order chi connectivity index (χ1) is 9.19. The summed E-state index contributed by atoms with van der Waals surface area (Å²) in [5.74, 6) is 0.309. The highest BCUT2D eigenvalue weighted by molar-refractivity contribution is 7.16. The molecule has 1 fully saturated rings. The van der Waals surface area contributed by atoms with E-state index in [9.17, 15) is 9.90 Å². The van der Waals surface area contributed by atoms with E-state index in [-0.39, 0.29) is 24.5 Å². The van der Waals surface area contributed by atoms with E-state index in [4.69, 9.17) is 11.6 Å². The Morgan fingerprint density at radius 1 is 1.42 bits per heavy atom. The molecule has 106 valence electrons. The summed E-state index contributed by atoms with van der Waals surface area (Å²) in [4.78, 5) is 13.1. The van der Waals surface area contributed by atoms with Crippen LogP contribution in [0.2, 0.25) is 4.34 Å². The van der Waals surface area contributed by atoms with Gasteiger partial charge in [0.25, 0.3) is 0 Å². The van der Waals surface area contributed by atoms with Crippen molar-refractivity contribution in [3.8, 4) is 0 Å². The number of halogens is 1. The topological polar surface area (TPSA) is 49.3 Å². The number of rotatable bonds is 5. The SMILES string of the molecule is O=C(CCc1ccc(Cl)s1)NC1CCCCC1CO. The number of amides is 1. The summed E-state index contributed by atoms with van der Waals surface area (Å²) in [7, 11) is 0. The highest BCUT2D eigenvalue weighted by atomic mass is 35.5. The second-order valence-electron chi connectivity index (χ2n) is 5.11. The summed E-state index contributed by atoms with van der Waals surface area (Å²) < 4.78 is 0.767. The van der Waals surface area contributed by atoms with Crippen LogP contribution in [-0.2, 0) is 11.2 Å². The summed E-state index contributed by atoms with van der Waals surface area (Å²) in [5, 5.41) is 12.4. The van der Waals surface area contributed by atoms with Gasteiger partial charge in [-0.2, -0.15) is 0 Å². The molecule has 1 aliphatic carbocycles. The summed E-state index contributed by atoms with van der Waals surface area (Å²) in [6, 6.07) is 3.98. The largest absolute Gasteiger partial charge is 0.396 e. The Labute approximate surface area is 123 Å². The molecule has 0 aromatic carbocycles.